The number of nitrogens with zero attached hydrogens (tertiary/aromatic N) is 1. The van der Waals surface area contributed by atoms with E-state index in [1.54, 1.807) is 0 Å². The smallest absolute Gasteiger partial charge is 0.127 e. The van der Waals surface area contributed by atoms with Crippen molar-refractivity contribution in [2.24, 2.45) is 5.73 Å². The minimum absolute atomic E-state index is 0.134. The van der Waals surface area contributed by atoms with Crippen LogP contribution in [0.1, 0.15) is 29.5 Å². The van der Waals surface area contributed by atoms with E-state index in [0.29, 0.717) is 6.54 Å². The molecule has 2 aromatic rings. The van der Waals surface area contributed by atoms with E-state index in [9.17, 15) is 0 Å². The molecule has 3 heteroatoms. The lowest BCUT2D eigenvalue weighted by Crippen LogP contribution is -2.37. The van der Waals surface area contributed by atoms with Gasteiger partial charge in [0, 0.05) is 18.8 Å². The van der Waals surface area contributed by atoms with Crippen LogP contribution in [0.4, 0.5) is 5.69 Å². The van der Waals surface area contributed by atoms with Crippen molar-refractivity contribution in [2.75, 3.05) is 18.0 Å². The molecular formula is C16H20N2O. The standard InChI is InChI=1S/C16H20N2O/c1-12-8-9-16(19-12)15(11-17)18-10-4-6-13-5-2-3-7-14(13)18/h2-3,5,7-9,15H,4,6,10-11,17H2,1H3. The Bertz CT molecular complexity index is 561. The molecule has 3 nitrogen and oxygen atoms in total. The van der Waals surface area contributed by atoms with E-state index in [0.717, 1.165) is 24.5 Å². The first-order valence-electron chi connectivity index (χ1n) is 6.90. The van der Waals surface area contributed by atoms with Gasteiger partial charge in [-0.3, -0.25) is 0 Å². The maximum atomic E-state index is 6.00. The van der Waals surface area contributed by atoms with Gasteiger partial charge in [-0.1, -0.05) is 18.2 Å². The summed E-state index contributed by atoms with van der Waals surface area (Å²) < 4.78 is 5.78. The second-order valence-corrected chi connectivity index (χ2v) is 5.13. The molecule has 19 heavy (non-hydrogen) atoms. The highest BCUT2D eigenvalue weighted by molar-refractivity contribution is 5.56. The third-order valence-electron chi connectivity index (χ3n) is 3.84. The number of hydrogen-bond acceptors (Lipinski definition) is 3. The zero-order chi connectivity index (χ0) is 13.2. The molecule has 2 heterocycles. The summed E-state index contributed by atoms with van der Waals surface area (Å²) in [5.74, 6) is 1.91. The molecule has 0 amide bonds. The Balaban J connectivity index is 1.97. The number of nitrogens with two attached hydrogens (primary N) is 1. The Labute approximate surface area is 114 Å². The molecule has 0 aliphatic carbocycles. The lowest BCUT2D eigenvalue weighted by atomic mass is 9.99. The molecule has 0 bridgehead atoms. The quantitative estimate of drug-likeness (QED) is 0.917. The summed E-state index contributed by atoms with van der Waals surface area (Å²) >= 11 is 0. The van der Waals surface area contributed by atoms with Gasteiger partial charge < -0.3 is 15.1 Å². The van der Waals surface area contributed by atoms with E-state index in [4.69, 9.17) is 10.2 Å². The molecule has 1 aliphatic rings. The summed E-state index contributed by atoms with van der Waals surface area (Å²) in [6.45, 7) is 3.58. The highest BCUT2D eigenvalue weighted by Gasteiger charge is 2.26. The van der Waals surface area contributed by atoms with Crippen molar-refractivity contribution in [3.05, 3.63) is 53.5 Å². The van der Waals surface area contributed by atoms with Crippen molar-refractivity contribution >= 4 is 5.69 Å². The third-order valence-corrected chi connectivity index (χ3v) is 3.84. The average Bonchev–Trinajstić information content (AvgIpc) is 2.86. The molecule has 1 aliphatic heterocycles. The van der Waals surface area contributed by atoms with Crippen molar-refractivity contribution in [3.8, 4) is 0 Å². The Morgan fingerprint density at radius 3 is 2.84 bits per heavy atom. The zero-order valence-corrected chi connectivity index (χ0v) is 11.3. The van der Waals surface area contributed by atoms with Crippen molar-refractivity contribution in [1.29, 1.82) is 0 Å². The molecule has 0 saturated heterocycles. The summed E-state index contributed by atoms with van der Waals surface area (Å²) in [5, 5.41) is 0. The van der Waals surface area contributed by atoms with Gasteiger partial charge in [0.15, 0.2) is 0 Å². The number of rotatable bonds is 3. The maximum absolute atomic E-state index is 6.00. The Morgan fingerprint density at radius 2 is 2.11 bits per heavy atom. The minimum atomic E-state index is 0.134. The molecule has 1 aromatic heterocycles. The van der Waals surface area contributed by atoms with Crippen LogP contribution in [-0.2, 0) is 6.42 Å². The number of anilines is 1. The van der Waals surface area contributed by atoms with E-state index in [1.165, 1.54) is 17.7 Å². The topological polar surface area (TPSA) is 42.4 Å². The predicted molar refractivity (Wildman–Crippen MR) is 77.3 cm³/mol. The predicted octanol–water partition coefficient (Wildman–Crippen LogP) is 3.04. The van der Waals surface area contributed by atoms with Gasteiger partial charge in [-0.05, 0) is 43.5 Å². The van der Waals surface area contributed by atoms with E-state index < -0.39 is 0 Å². The number of hydrogen-bond donors (Lipinski definition) is 1. The first-order chi connectivity index (χ1) is 9.29. The first-order valence-corrected chi connectivity index (χ1v) is 6.90. The van der Waals surface area contributed by atoms with E-state index in [2.05, 4.69) is 29.2 Å². The lowest BCUT2D eigenvalue weighted by molar-refractivity contribution is 0.428. The zero-order valence-electron chi connectivity index (χ0n) is 11.3. The van der Waals surface area contributed by atoms with Gasteiger partial charge >= 0.3 is 0 Å². The molecule has 0 fully saturated rings. The first kappa shape index (κ1) is 12.3. The Kier molecular flexibility index (Phi) is 3.30. The average molecular weight is 256 g/mol. The fourth-order valence-electron chi connectivity index (χ4n) is 2.92. The summed E-state index contributed by atoms with van der Waals surface area (Å²) in [6.07, 6.45) is 2.33. The Morgan fingerprint density at radius 1 is 1.26 bits per heavy atom. The number of furan rings is 1. The lowest BCUT2D eigenvalue weighted by Gasteiger charge is -2.36. The van der Waals surface area contributed by atoms with Crippen LogP contribution in [0.15, 0.2) is 40.8 Å². The molecule has 1 atom stereocenters. The number of aryl methyl sites for hydroxylation is 2. The number of benzene rings is 1. The number of para-hydroxylation sites is 1. The van der Waals surface area contributed by atoms with Crippen LogP contribution in [0.25, 0.3) is 0 Å². The SMILES string of the molecule is Cc1ccc(C(CN)N2CCCc3ccccc32)o1. The summed E-state index contributed by atoms with van der Waals surface area (Å²) in [4.78, 5) is 2.39. The monoisotopic (exact) mass is 256 g/mol. The molecule has 2 N–H and O–H groups in total. The van der Waals surface area contributed by atoms with Crippen LogP contribution in [0.5, 0.6) is 0 Å². The van der Waals surface area contributed by atoms with Gasteiger partial charge in [-0.15, -0.1) is 0 Å². The molecule has 1 unspecified atom stereocenters. The highest BCUT2D eigenvalue weighted by atomic mass is 16.3. The normalized spacial score (nSPS) is 16.2. The van der Waals surface area contributed by atoms with Crippen molar-refractivity contribution in [1.82, 2.24) is 0 Å². The third kappa shape index (κ3) is 2.26. The van der Waals surface area contributed by atoms with Crippen LogP contribution < -0.4 is 10.6 Å². The van der Waals surface area contributed by atoms with E-state index in [-0.39, 0.29) is 6.04 Å². The van der Waals surface area contributed by atoms with Gasteiger partial charge in [-0.2, -0.15) is 0 Å². The van der Waals surface area contributed by atoms with Crippen LogP contribution in [0.3, 0.4) is 0 Å². The van der Waals surface area contributed by atoms with Crippen LogP contribution in [0, 0.1) is 6.92 Å². The van der Waals surface area contributed by atoms with Gasteiger partial charge in [0.2, 0.25) is 0 Å². The molecule has 0 saturated carbocycles. The molecule has 100 valence electrons. The second kappa shape index (κ2) is 5.10. The summed E-state index contributed by atoms with van der Waals surface area (Å²) in [7, 11) is 0. The van der Waals surface area contributed by atoms with E-state index >= 15 is 0 Å². The highest BCUT2D eigenvalue weighted by Crippen LogP contribution is 2.34. The minimum Gasteiger partial charge on any atom is -0.464 e. The number of fused-ring (bicyclic) bond motifs is 1. The second-order valence-electron chi connectivity index (χ2n) is 5.13. The maximum Gasteiger partial charge on any atom is 0.127 e. The van der Waals surface area contributed by atoms with Crippen LogP contribution >= 0.6 is 0 Å². The molecule has 0 spiro atoms. The van der Waals surface area contributed by atoms with Crippen molar-refractivity contribution < 1.29 is 4.42 Å². The van der Waals surface area contributed by atoms with Gasteiger partial charge in [0.1, 0.15) is 11.5 Å². The molecule has 3 rings (SSSR count). The van der Waals surface area contributed by atoms with Gasteiger partial charge in [-0.25, -0.2) is 0 Å². The summed E-state index contributed by atoms with van der Waals surface area (Å²) in [5.41, 5.74) is 8.72. The van der Waals surface area contributed by atoms with E-state index in [1.807, 2.05) is 19.1 Å². The molecular weight excluding hydrogens is 236 g/mol. The van der Waals surface area contributed by atoms with Crippen LogP contribution in [-0.4, -0.2) is 13.1 Å². The Hall–Kier alpha value is -1.74. The van der Waals surface area contributed by atoms with Crippen molar-refractivity contribution in [2.45, 2.75) is 25.8 Å². The van der Waals surface area contributed by atoms with Crippen molar-refractivity contribution in [3.63, 3.8) is 0 Å². The van der Waals surface area contributed by atoms with Gasteiger partial charge in [0.25, 0.3) is 0 Å². The fourth-order valence-corrected chi connectivity index (χ4v) is 2.92. The summed E-state index contributed by atoms with van der Waals surface area (Å²) in [6, 6.07) is 12.8. The fraction of sp³-hybridized carbons (Fsp3) is 0.375. The molecule has 1 aromatic carbocycles. The van der Waals surface area contributed by atoms with Crippen LogP contribution in [0.2, 0.25) is 0 Å². The molecule has 0 radical (unpaired) electrons. The largest absolute Gasteiger partial charge is 0.464 e. The van der Waals surface area contributed by atoms with Gasteiger partial charge in [0.05, 0.1) is 6.04 Å².